The summed E-state index contributed by atoms with van der Waals surface area (Å²) in [6.07, 6.45) is 3.60. The SMILES string of the molecule is Cn1cnc(-c2nn(C)c(N)c2-c2ccc(Cl)cc2Cl)c1. The largest absolute Gasteiger partial charge is 0.383 e. The van der Waals surface area contributed by atoms with E-state index in [9.17, 15) is 0 Å². The Labute approximate surface area is 131 Å². The Balaban J connectivity index is 2.26. The number of aromatic nitrogens is 4. The predicted octanol–water partition coefficient (Wildman–Crippen LogP) is 3.38. The van der Waals surface area contributed by atoms with Crippen LogP contribution in [0.3, 0.4) is 0 Å². The minimum Gasteiger partial charge on any atom is -0.383 e. The number of aryl methyl sites for hydroxylation is 2. The number of anilines is 1. The number of benzene rings is 1. The first kappa shape index (κ1) is 14.0. The molecule has 0 atom stereocenters. The zero-order valence-corrected chi connectivity index (χ0v) is 13.0. The molecular weight excluding hydrogens is 309 g/mol. The number of imidazole rings is 1. The Hall–Kier alpha value is -1.98. The molecule has 0 spiro atoms. The summed E-state index contributed by atoms with van der Waals surface area (Å²) in [5, 5.41) is 5.56. The highest BCUT2D eigenvalue weighted by atomic mass is 35.5. The molecule has 0 fully saturated rings. The van der Waals surface area contributed by atoms with Gasteiger partial charge in [0.1, 0.15) is 17.2 Å². The molecule has 0 aliphatic rings. The minimum atomic E-state index is 0.527. The molecule has 0 amide bonds. The Bertz CT molecular complexity index is 819. The van der Waals surface area contributed by atoms with Gasteiger partial charge in [-0.25, -0.2) is 4.98 Å². The van der Waals surface area contributed by atoms with Crippen LogP contribution < -0.4 is 5.73 Å². The highest BCUT2D eigenvalue weighted by Gasteiger charge is 2.20. The fourth-order valence-corrected chi connectivity index (χ4v) is 2.71. The molecule has 3 aromatic rings. The minimum absolute atomic E-state index is 0.527. The van der Waals surface area contributed by atoms with E-state index in [0.29, 0.717) is 21.6 Å². The monoisotopic (exact) mass is 321 g/mol. The van der Waals surface area contributed by atoms with E-state index in [-0.39, 0.29) is 0 Å². The molecule has 0 saturated heterocycles. The number of nitrogens with two attached hydrogens (primary N) is 1. The highest BCUT2D eigenvalue weighted by Crippen LogP contribution is 2.39. The van der Waals surface area contributed by atoms with E-state index in [2.05, 4.69) is 10.1 Å². The first-order chi connectivity index (χ1) is 9.97. The molecule has 21 heavy (non-hydrogen) atoms. The van der Waals surface area contributed by atoms with Crippen LogP contribution in [0.5, 0.6) is 0 Å². The zero-order valence-electron chi connectivity index (χ0n) is 11.5. The van der Waals surface area contributed by atoms with Gasteiger partial charge in [0.2, 0.25) is 0 Å². The van der Waals surface area contributed by atoms with Crippen LogP contribution in [0.15, 0.2) is 30.7 Å². The first-order valence-electron chi connectivity index (χ1n) is 6.23. The lowest BCUT2D eigenvalue weighted by Crippen LogP contribution is -1.98. The molecular formula is C14H13Cl2N5. The van der Waals surface area contributed by atoms with Crippen LogP contribution >= 0.6 is 23.2 Å². The lowest BCUT2D eigenvalue weighted by atomic mass is 10.0. The third kappa shape index (κ3) is 2.39. The number of hydrogen-bond donors (Lipinski definition) is 1. The molecule has 5 nitrogen and oxygen atoms in total. The molecule has 0 aliphatic carbocycles. The van der Waals surface area contributed by atoms with Crippen molar-refractivity contribution >= 4 is 29.0 Å². The second-order valence-electron chi connectivity index (χ2n) is 4.78. The first-order valence-corrected chi connectivity index (χ1v) is 6.99. The van der Waals surface area contributed by atoms with E-state index >= 15 is 0 Å². The molecule has 2 heterocycles. The lowest BCUT2D eigenvalue weighted by Gasteiger charge is -2.06. The summed E-state index contributed by atoms with van der Waals surface area (Å²) in [7, 11) is 3.69. The summed E-state index contributed by atoms with van der Waals surface area (Å²) in [6.45, 7) is 0. The van der Waals surface area contributed by atoms with Crippen LogP contribution in [0.4, 0.5) is 5.82 Å². The topological polar surface area (TPSA) is 61.7 Å². The maximum Gasteiger partial charge on any atom is 0.130 e. The standard InChI is InChI=1S/C14H13Cl2N5/c1-20-6-11(18-7-20)13-12(14(17)21(2)19-13)9-4-3-8(15)5-10(9)16/h3-7H,17H2,1-2H3. The summed E-state index contributed by atoms with van der Waals surface area (Å²) in [4.78, 5) is 4.34. The van der Waals surface area contributed by atoms with E-state index in [1.807, 2.05) is 23.9 Å². The average molecular weight is 322 g/mol. The quantitative estimate of drug-likeness (QED) is 0.787. The van der Waals surface area contributed by atoms with Crippen molar-refractivity contribution in [1.29, 1.82) is 0 Å². The van der Waals surface area contributed by atoms with Crippen molar-refractivity contribution in [3.63, 3.8) is 0 Å². The van der Waals surface area contributed by atoms with Crippen molar-refractivity contribution in [3.8, 4) is 22.5 Å². The van der Waals surface area contributed by atoms with Crippen molar-refractivity contribution in [2.45, 2.75) is 0 Å². The Morgan fingerprint density at radius 1 is 1.19 bits per heavy atom. The van der Waals surface area contributed by atoms with Gasteiger partial charge in [-0.2, -0.15) is 5.10 Å². The predicted molar refractivity (Wildman–Crippen MR) is 85.3 cm³/mol. The van der Waals surface area contributed by atoms with Gasteiger partial charge in [-0.3, -0.25) is 4.68 Å². The van der Waals surface area contributed by atoms with Gasteiger partial charge in [-0.05, 0) is 12.1 Å². The molecule has 0 bridgehead atoms. The molecule has 0 saturated carbocycles. The number of hydrogen-bond acceptors (Lipinski definition) is 3. The van der Waals surface area contributed by atoms with E-state index in [1.54, 1.807) is 30.2 Å². The van der Waals surface area contributed by atoms with Crippen LogP contribution in [-0.2, 0) is 14.1 Å². The Morgan fingerprint density at radius 2 is 1.95 bits per heavy atom. The smallest absolute Gasteiger partial charge is 0.130 e. The molecule has 2 aromatic heterocycles. The van der Waals surface area contributed by atoms with E-state index in [0.717, 1.165) is 16.8 Å². The van der Waals surface area contributed by atoms with Gasteiger partial charge in [-0.1, -0.05) is 29.3 Å². The molecule has 3 rings (SSSR count). The summed E-state index contributed by atoms with van der Waals surface area (Å²) < 4.78 is 3.47. The summed E-state index contributed by atoms with van der Waals surface area (Å²) in [5.74, 6) is 0.528. The van der Waals surface area contributed by atoms with Gasteiger partial charge in [-0.15, -0.1) is 0 Å². The molecule has 0 unspecified atom stereocenters. The van der Waals surface area contributed by atoms with Crippen LogP contribution in [0.25, 0.3) is 22.5 Å². The van der Waals surface area contributed by atoms with Gasteiger partial charge in [0.05, 0.1) is 16.9 Å². The number of nitrogens with zero attached hydrogens (tertiary/aromatic N) is 4. The third-order valence-corrected chi connectivity index (χ3v) is 3.79. The van der Waals surface area contributed by atoms with Gasteiger partial charge in [0.25, 0.3) is 0 Å². The average Bonchev–Trinajstić information content (AvgIpc) is 2.96. The van der Waals surface area contributed by atoms with Crippen LogP contribution in [0.2, 0.25) is 10.0 Å². The van der Waals surface area contributed by atoms with Crippen molar-refractivity contribution in [3.05, 3.63) is 40.8 Å². The molecule has 2 N–H and O–H groups in total. The van der Waals surface area contributed by atoms with Crippen molar-refractivity contribution in [2.24, 2.45) is 14.1 Å². The van der Waals surface area contributed by atoms with Crippen molar-refractivity contribution < 1.29 is 0 Å². The van der Waals surface area contributed by atoms with E-state index in [4.69, 9.17) is 28.9 Å². The normalized spacial score (nSPS) is 11.0. The van der Waals surface area contributed by atoms with Crippen LogP contribution in [-0.4, -0.2) is 19.3 Å². The van der Waals surface area contributed by atoms with Gasteiger partial charge in [0, 0.05) is 30.9 Å². The molecule has 0 aliphatic heterocycles. The zero-order chi connectivity index (χ0) is 15.1. The Morgan fingerprint density at radius 3 is 2.57 bits per heavy atom. The second-order valence-corrected chi connectivity index (χ2v) is 5.62. The van der Waals surface area contributed by atoms with Crippen LogP contribution in [0, 0.1) is 0 Å². The molecule has 0 radical (unpaired) electrons. The summed E-state index contributed by atoms with van der Waals surface area (Å²) in [6, 6.07) is 5.30. The second kappa shape index (κ2) is 5.09. The van der Waals surface area contributed by atoms with Gasteiger partial charge < -0.3 is 10.3 Å². The van der Waals surface area contributed by atoms with E-state index < -0.39 is 0 Å². The maximum absolute atomic E-state index is 6.31. The molecule has 108 valence electrons. The fourth-order valence-electron chi connectivity index (χ4n) is 2.21. The summed E-state index contributed by atoms with van der Waals surface area (Å²) >= 11 is 12.3. The molecule has 7 heteroatoms. The maximum atomic E-state index is 6.31. The van der Waals surface area contributed by atoms with Crippen molar-refractivity contribution in [2.75, 3.05) is 5.73 Å². The fraction of sp³-hybridized carbons (Fsp3) is 0.143. The lowest BCUT2D eigenvalue weighted by molar-refractivity contribution is 0.781. The Kier molecular flexibility index (Phi) is 3.39. The van der Waals surface area contributed by atoms with Crippen molar-refractivity contribution in [1.82, 2.24) is 19.3 Å². The highest BCUT2D eigenvalue weighted by molar-refractivity contribution is 6.36. The van der Waals surface area contributed by atoms with Gasteiger partial charge >= 0.3 is 0 Å². The number of rotatable bonds is 2. The number of halogens is 2. The van der Waals surface area contributed by atoms with E-state index in [1.165, 1.54) is 0 Å². The summed E-state index contributed by atoms with van der Waals surface area (Å²) in [5.41, 5.74) is 9.14. The number of nitrogen functional groups attached to an aromatic ring is 1. The van der Waals surface area contributed by atoms with Gasteiger partial charge in [0.15, 0.2) is 0 Å². The third-order valence-electron chi connectivity index (χ3n) is 3.24. The van der Waals surface area contributed by atoms with Crippen LogP contribution in [0.1, 0.15) is 0 Å². The molecule has 1 aromatic carbocycles.